The SMILES string of the molecule is N#CCC1(c2ccc3ccccc3c2)COC1. The van der Waals surface area contributed by atoms with Crippen molar-refractivity contribution in [3.63, 3.8) is 0 Å². The van der Waals surface area contributed by atoms with Crippen molar-refractivity contribution in [2.24, 2.45) is 0 Å². The van der Waals surface area contributed by atoms with E-state index in [1.165, 1.54) is 16.3 Å². The summed E-state index contributed by atoms with van der Waals surface area (Å²) in [6.45, 7) is 1.33. The molecule has 0 N–H and O–H groups in total. The molecule has 0 unspecified atom stereocenters. The van der Waals surface area contributed by atoms with Gasteiger partial charge in [-0.1, -0.05) is 42.5 Å². The fourth-order valence-electron chi connectivity index (χ4n) is 2.39. The molecular weight excluding hydrogens is 210 g/mol. The topological polar surface area (TPSA) is 33.0 Å². The number of rotatable bonds is 2. The average molecular weight is 223 g/mol. The normalized spacial score (nSPS) is 17.4. The van der Waals surface area contributed by atoms with Gasteiger partial charge >= 0.3 is 0 Å². The van der Waals surface area contributed by atoms with Crippen LogP contribution in [0.3, 0.4) is 0 Å². The highest BCUT2D eigenvalue weighted by Gasteiger charge is 2.40. The second-order valence-electron chi connectivity index (χ2n) is 4.67. The summed E-state index contributed by atoms with van der Waals surface area (Å²) in [6.07, 6.45) is 0.533. The first-order chi connectivity index (χ1) is 8.34. The molecule has 1 saturated heterocycles. The van der Waals surface area contributed by atoms with E-state index in [9.17, 15) is 0 Å². The molecule has 84 valence electrons. The van der Waals surface area contributed by atoms with Crippen LogP contribution < -0.4 is 0 Å². The molecule has 0 atom stereocenters. The molecule has 0 amide bonds. The van der Waals surface area contributed by atoms with Crippen molar-refractivity contribution in [3.8, 4) is 6.07 Å². The lowest BCUT2D eigenvalue weighted by Gasteiger charge is -2.40. The predicted octanol–water partition coefficient (Wildman–Crippen LogP) is 3.02. The standard InChI is InChI=1S/C15H13NO/c16-8-7-15(10-17-11-15)14-6-5-12-3-1-2-4-13(12)9-14/h1-6,9H,7,10-11H2. The van der Waals surface area contributed by atoms with Crippen molar-refractivity contribution in [2.45, 2.75) is 11.8 Å². The lowest BCUT2D eigenvalue weighted by atomic mass is 9.76. The third kappa shape index (κ3) is 1.60. The molecule has 0 saturated carbocycles. The summed E-state index contributed by atoms with van der Waals surface area (Å²) in [7, 11) is 0. The first-order valence-electron chi connectivity index (χ1n) is 5.78. The summed E-state index contributed by atoms with van der Waals surface area (Å²) < 4.78 is 5.31. The van der Waals surface area contributed by atoms with E-state index < -0.39 is 0 Å². The van der Waals surface area contributed by atoms with Gasteiger partial charge in [0, 0.05) is 6.42 Å². The fraction of sp³-hybridized carbons (Fsp3) is 0.267. The van der Waals surface area contributed by atoms with Crippen LogP contribution in [-0.2, 0) is 10.2 Å². The van der Waals surface area contributed by atoms with Crippen LogP contribution in [0.2, 0.25) is 0 Å². The van der Waals surface area contributed by atoms with Crippen molar-refractivity contribution in [3.05, 3.63) is 48.0 Å². The highest BCUT2D eigenvalue weighted by Crippen LogP contribution is 2.36. The zero-order valence-corrected chi connectivity index (χ0v) is 9.52. The Balaban J connectivity index is 2.08. The average Bonchev–Trinajstić information content (AvgIpc) is 2.33. The van der Waals surface area contributed by atoms with E-state index in [-0.39, 0.29) is 5.41 Å². The summed E-state index contributed by atoms with van der Waals surface area (Å²) >= 11 is 0. The second kappa shape index (κ2) is 3.87. The smallest absolute Gasteiger partial charge is 0.0632 e. The van der Waals surface area contributed by atoms with Gasteiger partial charge in [0.25, 0.3) is 0 Å². The van der Waals surface area contributed by atoms with E-state index in [1.54, 1.807) is 0 Å². The van der Waals surface area contributed by atoms with Gasteiger partial charge in [0.15, 0.2) is 0 Å². The largest absolute Gasteiger partial charge is 0.379 e. The van der Waals surface area contributed by atoms with E-state index in [0.717, 1.165) is 0 Å². The number of benzene rings is 2. The van der Waals surface area contributed by atoms with Crippen LogP contribution in [0.15, 0.2) is 42.5 Å². The van der Waals surface area contributed by atoms with Crippen molar-refractivity contribution in [1.82, 2.24) is 0 Å². The van der Waals surface area contributed by atoms with Crippen molar-refractivity contribution in [2.75, 3.05) is 13.2 Å². The van der Waals surface area contributed by atoms with Crippen LogP contribution >= 0.6 is 0 Å². The summed E-state index contributed by atoms with van der Waals surface area (Å²) in [5.41, 5.74) is 1.16. The number of ether oxygens (including phenoxy) is 1. The lowest BCUT2D eigenvalue weighted by molar-refractivity contribution is -0.0576. The minimum Gasteiger partial charge on any atom is -0.379 e. The van der Waals surface area contributed by atoms with E-state index in [2.05, 4.69) is 36.4 Å². The summed E-state index contributed by atoms with van der Waals surface area (Å²) in [4.78, 5) is 0. The molecule has 3 rings (SSSR count). The molecule has 1 aliphatic heterocycles. The van der Waals surface area contributed by atoms with Gasteiger partial charge in [-0.15, -0.1) is 0 Å². The van der Waals surface area contributed by atoms with E-state index in [0.29, 0.717) is 19.6 Å². The van der Waals surface area contributed by atoms with Crippen molar-refractivity contribution in [1.29, 1.82) is 5.26 Å². The van der Waals surface area contributed by atoms with E-state index >= 15 is 0 Å². The minimum atomic E-state index is -0.0707. The van der Waals surface area contributed by atoms with Gasteiger partial charge in [-0.2, -0.15) is 5.26 Å². The Kier molecular flexibility index (Phi) is 2.35. The van der Waals surface area contributed by atoms with Gasteiger partial charge in [-0.25, -0.2) is 0 Å². The van der Waals surface area contributed by atoms with Crippen LogP contribution in [0, 0.1) is 11.3 Å². The molecule has 0 aromatic heterocycles. The zero-order valence-electron chi connectivity index (χ0n) is 9.52. The molecule has 2 heteroatoms. The van der Waals surface area contributed by atoms with Crippen LogP contribution in [0.1, 0.15) is 12.0 Å². The Morgan fingerprint density at radius 1 is 1.12 bits per heavy atom. The third-order valence-electron chi connectivity index (χ3n) is 3.54. The Labute approximate surface area is 100 Å². The van der Waals surface area contributed by atoms with Crippen molar-refractivity contribution >= 4 is 10.8 Å². The lowest BCUT2D eigenvalue weighted by Crippen LogP contribution is -2.46. The molecular formula is C15H13NO. The zero-order chi connectivity index (χ0) is 11.7. The molecule has 2 aromatic carbocycles. The number of nitrogens with zero attached hydrogens (tertiary/aromatic N) is 1. The molecule has 0 radical (unpaired) electrons. The Hall–Kier alpha value is -1.85. The molecule has 0 spiro atoms. The molecule has 1 fully saturated rings. The molecule has 0 aliphatic carbocycles. The van der Waals surface area contributed by atoms with Crippen LogP contribution in [0.4, 0.5) is 0 Å². The number of nitriles is 1. The third-order valence-corrected chi connectivity index (χ3v) is 3.54. The molecule has 2 aromatic rings. The maximum absolute atomic E-state index is 8.94. The molecule has 1 heterocycles. The first kappa shape index (κ1) is 10.3. The fourth-order valence-corrected chi connectivity index (χ4v) is 2.39. The summed E-state index contributed by atoms with van der Waals surface area (Å²) in [5.74, 6) is 0. The maximum atomic E-state index is 8.94. The summed E-state index contributed by atoms with van der Waals surface area (Å²) in [5, 5.41) is 11.4. The highest BCUT2D eigenvalue weighted by molar-refractivity contribution is 5.83. The van der Waals surface area contributed by atoms with Gasteiger partial charge in [0.05, 0.1) is 24.7 Å². The number of fused-ring (bicyclic) bond motifs is 1. The maximum Gasteiger partial charge on any atom is 0.0632 e. The van der Waals surface area contributed by atoms with Crippen LogP contribution in [-0.4, -0.2) is 13.2 Å². The van der Waals surface area contributed by atoms with Gasteiger partial charge in [0.1, 0.15) is 0 Å². The first-order valence-corrected chi connectivity index (χ1v) is 5.78. The van der Waals surface area contributed by atoms with Gasteiger partial charge < -0.3 is 4.74 Å². The Morgan fingerprint density at radius 3 is 2.53 bits per heavy atom. The predicted molar refractivity (Wildman–Crippen MR) is 66.7 cm³/mol. The van der Waals surface area contributed by atoms with Gasteiger partial charge in [-0.05, 0) is 16.3 Å². The minimum absolute atomic E-state index is 0.0707. The van der Waals surface area contributed by atoms with Crippen molar-refractivity contribution < 1.29 is 4.74 Å². The number of hydrogen-bond acceptors (Lipinski definition) is 2. The van der Waals surface area contributed by atoms with E-state index in [1.807, 2.05) is 12.1 Å². The van der Waals surface area contributed by atoms with Crippen LogP contribution in [0.5, 0.6) is 0 Å². The Morgan fingerprint density at radius 2 is 1.88 bits per heavy atom. The molecule has 17 heavy (non-hydrogen) atoms. The van der Waals surface area contributed by atoms with Gasteiger partial charge in [-0.3, -0.25) is 0 Å². The van der Waals surface area contributed by atoms with E-state index in [4.69, 9.17) is 10.00 Å². The molecule has 0 bridgehead atoms. The molecule has 2 nitrogen and oxygen atoms in total. The van der Waals surface area contributed by atoms with Gasteiger partial charge in [0.2, 0.25) is 0 Å². The summed E-state index contributed by atoms with van der Waals surface area (Å²) in [6, 6.07) is 17.0. The second-order valence-corrected chi connectivity index (χ2v) is 4.67. The highest BCUT2D eigenvalue weighted by atomic mass is 16.5. The molecule has 1 aliphatic rings. The quantitative estimate of drug-likeness (QED) is 0.784. The monoisotopic (exact) mass is 223 g/mol. The number of hydrogen-bond donors (Lipinski definition) is 0. The van der Waals surface area contributed by atoms with Crippen LogP contribution in [0.25, 0.3) is 10.8 Å². The Bertz CT molecular complexity index is 593.